The standard InChI is InChI=1S/C28H41N7/c1-4-15-34(16-5-2)17-7-6-8-25-19-24-18-23(9-10-26(24)33-25)20-35(21-27-29-11-12-30-27)22(3)28-31-13-14-32-28/h9-14,18-19,22,33H,4-8,15-17,20-21H2,1-3H3,(H,29,30)(H,31,32). The number of aromatic amines is 3. The normalized spacial score (nSPS) is 12.8. The first-order valence-corrected chi connectivity index (χ1v) is 13.2. The first-order valence-electron chi connectivity index (χ1n) is 13.2. The Morgan fingerprint density at radius 1 is 0.886 bits per heavy atom. The Bertz CT molecular complexity index is 1110. The Kier molecular flexibility index (Phi) is 9.15. The predicted octanol–water partition coefficient (Wildman–Crippen LogP) is 5.82. The summed E-state index contributed by atoms with van der Waals surface area (Å²) in [5, 5.41) is 1.29. The van der Waals surface area contributed by atoms with E-state index < -0.39 is 0 Å². The summed E-state index contributed by atoms with van der Waals surface area (Å²) >= 11 is 0. The van der Waals surface area contributed by atoms with Crippen molar-refractivity contribution in [1.82, 2.24) is 34.7 Å². The molecule has 3 heterocycles. The van der Waals surface area contributed by atoms with Crippen LogP contribution in [0.15, 0.2) is 49.1 Å². The number of rotatable bonds is 15. The summed E-state index contributed by atoms with van der Waals surface area (Å²) in [6.07, 6.45) is 13.5. The zero-order chi connectivity index (χ0) is 24.5. The summed E-state index contributed by atoms with van der Waals surface area (Å²) < 4.78 is 0. The number of nitrogens with zero attached hydrogens (tertiary/aromatic N) is 4. The Labute approximate surface area is 209 Å². The van der Waals surface area contributed by atoms with E-state index in [4.69, 9.17) is 0 Å². The first kappa shape index (κ1) is 25.2. The summed E-state index contributed by atoms with van der Waals surface area (Å²) in [6.45, 7) is 12.0. The van der Waals surface area contributed by atoms with E-state index >= 15 is 0 Å². The number of benzene rings is 1. The van der Waals surface area contributed by atoms with Crippen molar-refractivity contribution >= 4 is 10.9 Å². The third-order valence-electron chi connectivity index (χ3n) is 6.75. The van der Waals surface area contributed by atoms with Gasteiger partial charge in [0.2, 0.25) is 0 Å². The molecule has 0 bridgehead atoms. The van der Waals surface area contributed by atoms with Gasteiger partial charge in [-0.3, -0.25) is 4.90 Å². The minimum absolute atomic E-state index is 0.146. The van der Waals surface area contributed by atoms with Gasteiger partial charge in [-0.25, -0.2) is 9.97 Å². The third-order valence-corrected chi connectivity index (χ3v) is 6.75. The van der Waals surface area contributed by atoms with Gasteiger partial charge in [0.25, 0.3) is 0 Å². The molecule has 4 aromatic rings. The van der Waals surface area contributed by atoms with Crippen LogP contribution in [0.25, 0.3) is 10.9 Å². The zero-order valence-electron chi connectivity index (χ0n) is 21.6. The number of aromatic nitrogens is 5. The molecule has 1 aromatic carbocycles. The van der Waals surface area contributed by atoms with Crippen molar-refractivity contribution in [3.8, 4) is 0 Å². The Balaban J connectivity index is 1.39. The number of unbranched alkanes of at least 4 members (excludes halogenated alkanes) is 1. The maximum Gasteiger partial charge on any atom is 0.123 e. The van der Waals surface area contributed by atoms with Gasteiger partial charge in [-0.05, 0) is 87.8 Å². The highest BCUT2D eigenvalue weighted by Crippen LogP contribution is 2.24. The highest BCUT2D eigenvalue weighted by atomic mass is 15.2. The van der Waals surface area contributed by atoms with Gasteiger partial charge < -0.3 is 19.9 Å². The summed E-state index contributed by atoms with van der Waals surface area (Å²) in [5.41, 5.74) is 3.85. The minimum atomic E-state index is 0.146. The third kappa shape index (κ3) is 7.05. The fourth-order valence-electron chi connectivity index (χ4n) is 4.91. The average molecular weight is 476 g/mol. The van der Waals surface area contributed by atoms with Crippen LogP contribution >= 0.6 is 0 Å². The summed E-state index contributed by atoms with van der Waals surface area (Å²) in [4.78, 5) is 24.1. The molecule has 35 heavy (non-hydrogen) atoms. The second-order valence-corrected chi connectivity index (χ2v) is 9.61. The molecule has 7 nitrogen and oxygen atoms in total. The van der Waals surface area contributed by atoms with E-state index in [1.165, 1.54) is 67.5 Å². The molecule has 0 spiro atoms. The molecule has 0 saturated heterocycles. The molecule has 1 atom stereocenters. The van der Waals surface area contributed by atoms with Crippen LogP contribution in [-0.4, -0.2) is 54.4 Å². The molecule has 0 radical (unpaired) electrons. The number of hydrogen-bond donors (Lipinski definition) is 3. The second kappa shape index (κ2) is 12.7. The van der Waals surface area contributed by atoms with Gasteiger partial charge >= 0.3 is 0 Å². The lowest BCUT2D eigenvalue weighted by atomic mass is 10.1. The minimum Gasteiger partial charge on any atom is -0.358 e. The van der Waals surface area contributed by atoms with Gasteiger partial charge in [0.15, 0.2) is 0 Å². The van der Waals surface area contributed by atoms with E-state index in [0.29, 0.717) is 0 Å². The van der Waals surface area contributed by atoms with Crippen molar-refractivity contribution in [2.75, 3.05) is 19.6 Å². The van der Waals surface area contributed by atoms with E-state index in [1.807, 2.05) is 24.8 Å². The van der Waals surface area contributed by atoms with Crippen molar-refractivity contribution in [2.45, 2.75) is 72.0 Å². The van der Waals surface area contributed by atoms with Gasteiger partial charge in [0.1, 0.15) is 11.6 Å². The lowest BCUT2D eigenvalue weighted by Gasteiger charge is -2.27. The molecule has 188 valence electrons. The summed E-state index contributed by atoms with van der Waals surface area (Å²) in [7, 11) is 0. The SMILES string of the molecule is CCCN(CCC)CCCCc1cc2cc(CN(Cc3ncc[nH]3)C(C)c3ncc[nH]3)ccc2[nH]1. The van der Waals surface area contributed by atoms with Gasteiger partial charge in [-0.1, -0.05) is 19.9 Å². The fraction of sp³-hybridized carbons (Fsp3) is 0.500. The van der Waals surface area contributed by atoms with Crippen LogP contribution in [0.3, 0.4) is 0 Å². The number of nitrogens with one attached hydrogen (secondary N) is 3. The van der Waals surface area contributed by atoms with Crippen LogP contribution in [0.1, 0.15) is 75.4 Å². The van der Waals surface area contributed by atoms with Gasteiger partial charge in [0.05, 0.1) is 12.6 Å². The molecule has 3 N–H and O–H groups in total. The topological polar surface area (TPSA) is 79.6 Å². The first-order chi connectivity index (χ1) is 17.2. The highest BCUT2D eigenvalue weighted by Gasteiger charge is 2.20. The van der Waals surface area contributed by atoms with Gasteiger partial charge in [0, 0.05) is 42.5 Å². The maximum absolute atomic E-state index is 4.49. The van der Waals surface area contributed by atoms with E-state index in [2.05, 4.69) is 79.8 Å². The molecule has 0 aliphatic rings. The number of fused-ring (bicyclic) bond motifs is 1. The Morgan fingerprint density at radius 2 is 1.69 bits per heavy atom. The van der Waals surface area contributed by atoms with Crippen LogP contribution in [0.4, 0.5) is 0 Å². The van der Waals surface area contributed by atoms with Crippen LogP contribution < -0.4 is 0 Å². The van der Waals surface area contributed by atoms with Crippen molar-refractivity contribution in [3.05, 3.63) is 72.0 Å². The summed E-state index contributed by atoms with van der Waals surface area (Å²) in [5.74, 6) is 1.93. The van der Waals surface area contributed by atoms with Crippen LogP contribution in [0.2, 0.25) is 0 Å². The second-order valence-electron chi connectivity index (χ2n) is 9.61. The molecule has 1 unspecified atom stereocenters. The number of H-pyrrole nitrogens is 3. The van der Waals surface area contributed by atoms with E-state index in [-0.39, 0.29) is 6.04 Å². The molecule has 7 heteroatoms. The molecule has 0 amide bonds. The smallest absolute Gasteiger partial charge is 0.123 e. The van der Waals surface area contributed by atoms with Gasteiger partial charge in [-0.15, -0.1) is 0 Å². The quantitative estimate of drug-likeness (QED) is 0.189. The molecular formula is C28H41N7. The van der Waals surface area contributed by atoms with Crippen LogP contribution in [0, 0.1) is 0 Å². The van der Waals surface area contributed by atoms with Crippen LogP contribution in [-0.2, 0) is 19.5 Å². The molecule has 0 aliphatic heterocycles. The predicted molar refractivity (Wildman–Crippen MR) is 143 cm³/mol. The number of aryl methyl sites for hydroxylation is 1. The summed E-state index contributed by atoms with van der Waals surface area (Å²) in [6, 6.07) is 9.26. The van der Waals surface area contributed by atoms with Crippen molar-refractivity contribution in [3.63, 3.8) is 0 Å². The highest BCUT2D eigenvalue weighted by molar-refractivity contribution is 5.81. The average Bonchev–Trinajstić information content (AvgIpc) is 3.63. The Hall–Kier alpha value is -2.90. The maximum atomic E-state index is 4.49. The zero-order valence-corrected chi connectivity index (χ0v) is 21.6. The molecule has 0 saturated carbocycles. The monoisotopic (exact) mass is 475 g/mol. The number of hydrogen-bond acceptors (Lipinski definition) is 4. The lowest BCUT2D eigenvalue weighted by molar-refractivity contribution is 0.181. The van der Waals surface area contributed by atoms with Crippen LogP contribution in [0.5, 0.6) is 0 Å². The van der Waals surface area contributed by atoms with Crippen molar-refractivity contribution < 1.29 is 0 Å². The molecule has 0 aliphatic carbocycles. The molecule has 3 aromatic heterocycles. The lowest BCUT2D eigenvalue weighted by Crippen LogP contribution is -2.27. The largest absolute Gasteiger partial charge is 0.358 e. The van der Waals surface area contributed by atoms with E-state index in [0.717, 1.165) is 31.2 Å². The number of imidazole rings is 2. The van der Waals surface area contributed by atoms with E-state index in [1.54, 1.807) is 0 Å². The van der Waals surface area contributed by atoms with Gasteiger partial charge in [-0.2, -0.15) is 0 Å². The Morgan fingerprint density at radius 3 is 2.40 bits per heavy atom. The molecular weight excluding hydrogens is 434 g/mol. The van der Waals surface area contributed by atoms with Crippen molar-refractivity contribution in [2.24, 2.45) is 0 Å². The molecule has 4 rings (SSSR count). The van der Waals surface area contributed by atoms with E-state index in [9.17, 15) is 0 Å². The molecule has 0 fully saturated rings. The fourth-order valence-corrected chi connectivity index (χ4v) is 4.91. The van der Waals surface area contributed by atoms with Crippen molar-refractivity contribution in [1.29, 1.82) is 0 Å².